The number of likely N-dealkylation sites (tertiary alicyclic amines) is 1. The predicted octanol–water partition coefficient (Wildman–Crippen LogP) is 2.90. The van der Waals surface area contributed by atoms with Crippen molar-refractivity contribution in [1.29, 1.82) is 0 Å². The van der Waals surface area contributed by atoms with Crippen molar-refractivity contribution in [2.45, 2.75) is 38.8 Å². The van der Waals surface area contributed by atoms with Gasteiger partial charge in [-0.25, -0.2) is 4.79 Å². The molecule has 2 aliphatic heterocycles. The van der Waals surface area contributed by atoms with E-state index in [-0.39, 0.29) is 11.5 Å². The maximum Gasteiger partial charge on any atom is 0.415 e. The highest BCUT2D eigenvalue weighted by molar-refractivity contribution is 5.72. The molecule has 1 fully saturated rings. The fraction of sp³-hybridized carbons (Fsp3) is 0.611. The SMILES string of the molecule is CCN(CC)C(=O)Oc1ccc2c(c1)C1(C)CCN(C)C1N2C. The first-order valence-electron chi connectivity index (χ1n) is 8.46. The van der Waals surface area contributed by atoms with Crippen molar-refractivity contribution in [3.63, 3.8) is 0 Å². The van der Waals surface area contributed by atoms with Crippen LogP contribution in [0.2, 0.25) is 0 Å². The van der Waals surface area contributed by atoms with Crippen LogP contribution in [0.15, 0.2) is 18.2 Å². The number of fused-ring (bicyclic) bond motifs is 3. The number of rotatable bonds is 3. The first kappa shape index (κ1) is 16.1. The molecule has 1 aromatic rings. The number of amides is 1. The lowest BCUT2D eigenvalue weighted by Crippen LogP contribution is -2.45. The first-order valence-corrected chi connectivity index (χ1v) is 8.46. The highest BCUT2D eigenvalue weighted by Crippen LogP contribution is 2.51. The van der Waals surface area contributed by atoms with Crippen molar-refractivity contribution in [3.8, 4) is 5.75 Å². The van der Waals surface area contributed by atoms with Crippen LogP contribution in [0.5, 0.6) is 5.75 Å². The molecule has 0 N–H and O–H groups in total. The summed E-state index contributed by atoms with van der Waals surface area (Å²) in [5.41, 5.74) is 2.63. The number of likely N-dealkylation sites (N-methyl/N-ethyl adjacent to an activating group) is 2. The third-order valence-corrected chi connectivity index (χ3v) is 5.53. The molecule has 5 heteroatoms. The van der Waals surface area contributed by atoms with Crippen molar-refractivity contribution < 1.29 is 9.53 Å². The fourth-order valence-electron chi connectivity index (χ4n) is 4.27. The number of benzene rings is 1. The summed E-state index contributed by atoms with van der Waals surface area (Å²) in [6, 6.07) is 6.05. The summed E-state index contributed by atoms with van der Waals surface area (Å²) < 4.78 is 5.59. The minimum absolute atomic E-state index is 0.0937. The Labute approximate surface area is 138 Å². The molecule has 23 heavy (non-hydrogen) atoms. The third kappa shape index (κ3) is 2.38. The maximum atomic E-state index is 12.2. The van der Waals surface area contributed by atoms with Gasteiger partial charge in [-0.3, -0.25) is 4.90 Å². The van der Waals surface area contributed by atoms with Crippen molar-refractivity contribution in [2.75, 3.05) is 38.6 Å². The van der Waals surface area contributed by atoms with Gasteiger partial charge in [-0.1, -0.05) is 6.92 Å². The molecular formula is C18H27N3O2. The molecule has 2 unspecified atom stereocenters. The van der Waals surface area contributed by atoms with E-state index in [4.69, 9.17) is 4.74 Å². The lowest BCUT2D eigenvalue weighted by atomic mass is 9.81. The molecule has 0 spiro atoms. The molecule has 0 radical (unpaired) electrons. The van der Waals surface area contributed by atoms with E-state index in [1.165, 1.54) is 11.3 Å². The Morgan fingerprint density at radius 2 is 2.04 bits per heavy atom. The average molecular weight is 317 g/mol. The summed E-state index contributed by atoms with van der Waals surface area (Å²) in [4.78, 5) is 18.6. The van der Waals surface area contributed by atoms with Gasteiger partial charge in [0.2, 0.25) is 0 Å². The van der Waals surface area contributed by atoms with Crippen molar-refractivity contribution in [2.24, 2.45) is 0 Å². The summed E-state index contributed by atoms with van der Waals surface area (Å²) in [6.07, 6.45) is 1.23. The number of nitrogens with zero attached hydrogens (tertiary/aromatic N) is 3. The van der Waals surface area contributed by atoms with Crippen LogP contribution in [-0.2, 0) is 5.41 Å². The van der Waals surface area contributed by atoms with Gasteiger partial charge < -0.3 is 14.5 Å². The van der Waals surface area contributed by atoms with Crippen molar-refractivity contribution in [1.82, 2.24) is 9.80 Å². The fourth-order valence-corrected chi connectivity index (χ4v) is 4.27. The molecule has 2 atom stereocenters. The summed E-state index contributed by atoms with van der Waals surface area (Å²) in [6.45, 7) is 8.65. The number of carbonyl (C=O) groups is 1. The molecule has 3 rings (SSSR count). The molecule has 0 aliphatic carbocycles. The molecule has 5 nitrogen and oxygen atoms in total. The van der Waals surface area contributed by atoms with Gasteiger partial charge in [-0.05, 0) is 51.1 Å². The largest absolute Gasteiger partial charge is 0.415 e. The Kier molecular flexibility index (Phi) is 4.00. The zero-order valence-electron chi connectivity index (χ0n) is 14.8. The van der Waals surface area contributed by atoms with Crippen LogP contribution in [0.1, 0.15) is 32.8 Å². The summed E-state index contributed by atoms with van der Waals surface area (Å²) in [5, 5.41) is 0. The quantitative estimate of drug-likeness (QED) is 0.859. The normalized spacial score (nSPS) is 26.1. The molecule has 2 heterocycles. The second-order valence-electron chi connectivity index (χ2n) is 6.85. The van der Waals surface area contributed by atoms with E-state index in [0.29, 0.717) is 25.0 Å². The Hall–Kier alpha value is -1.75. The molecule has 1 amide bonds. The third-order valence-electron chi connectivity index (χ3n) is 5.53. The van der Waals surface area contributed by atoms with E-state index in [9.17, 15) is 4.79 Å². The van der Waals surface area contributed by atoms with Gasteiger partial charge in [0, 0.05) is 37.8 Å². The molecule has 0 aromatic heterocycles. The maximum absolute atomic E-state index is 12.2. The minimum atomic E-state index is -0.272. The number of ether oxygens (including phenoxy) is 1. The van der Waals surface area contributed by atoms with E-state index in [1.807, 2.05) is 19.9 Å². The standard InChI is InChI=1S/C18H27N3O2/c1-6-21(7-2)17(22)23-13-8-9-15-14(12-13)18(3)10-11-19(4)16(18)20(15)5/h8-9,12,16H,6-7,10-11H2,1-5H3. The van der Waals surface area contributed by atoms with E-state index < -0.39 is 0 Å². The van der Waals surface area contributed by atoms with Gasteiger partial charge in [-0.2, -0.15) is 0 Å². The van der Waals surface area contributed by atoms with Crippen LogP contribution in [0.4, 0.5) is 10.5 Å². The molecule has 0 bridgehead atoms. The second-order valence-corrected chi connectivity index (χ2v) is 6.85. The second kappa shape index (κ2) is 5.71. The van der Waals surface area contributed by atoms with Crippen LogP contribution in [-0.4, -0.2) is 55.8 Å². The number of anilines is 1. The van der Waals surface area contributed by atoms with Gasteiger partial charge in [0.1, 0.15) is 5.75 Å². The minimum Gasteiger partial charge on any atom is -0.410 e. The molecule has 1 aromatic carbocycles. The van der Waals surface area contributed by atoms with E-state index in [2.05, 4.69) is 43.0 Å². The summed E-state index contributed by atoms with van der Waals surface area (Å²) in [5.74, 6) is 0.644. The first-order chi connectivity index (χ1) is 10.9. The monoisotopic (exact) mass is 317 g/mol. The van der Waals surface area contributed by atoms with Gasteiger partial charge in [0.15, 0.2) is 0 Å². The highest BCUT2D eigenvalue weighted by Gasteiger charge is 2.52. The van der Waals surface area contributed by atoms with Crippen LogP contribution in [0, 0.1) is 0 Å². The van der Waals surface area contributed by atoms with Crippen molar-refractivity contribution in [3.05, 3.63) is 23.8 Å². The smallest absolute Gasteiger partial charge is 0.410 e. The van der Waals surface area contributed by atoms with Gasteiger partial charge in [-0.15, -0.1) is 0 Å². The predicted molar refractivity (Wildman–Crippen MR) is 92.2 cm³/mol. The highest BCUT2D eigenvalue weighted by atomic mass is 16.6. The van der Waals surface area contributed by atoms with Crippen LogP contribution in [0.3, 0.4) is 0 Å². The number of carbonyl (C=O) groups excluding carboxylic acids is 1. The van der Waals surface area contributed by atoms with E-state index in [1.54, 1.807) is 4.90 Å². The zero-order chi connectivity index (χ0) is 16.8. The Morgan fingerprint density at radius 3 is 2.70 bits per heavy atom. The molecule has 0 saturated carbocycles. The molecule has 1 saturated heterocycles. The molecular weight excluding hydrogens is 290 g/mol. The summed E-state index contributed by atoms with van der Waals surface area (Å²) in [7, 11) is 4.33. The van der Waals surface area contributed by atoms with Crippen LogP contribution < -0.4 is 9.64 Å². The lowest BCUT2D eigenvalue weighted by molar-refractivity contribution is 0.157. The topological polar surface area (TPSA) is 36.0 Å². The van der Waals surface area contributed by atoms with Crippen LogP contribution in [0.25, 0.3) is 0 Å². The van der Waals surface area contributed by atoms with E-state index >= 15 is 0 Å². The van der Waals surface area contributed by atoms with Crippen LogP contribution >= 0.6 is 0 Å². The van der Waals surface area contributed by atoms with Gasteiger partial charge in [0.25, 0.3) is 0 Å². The number of hydrogen-bond acceptors (Lipinski definition) is 4. The zero-order valence-corrected chi connectivity index (χ0v) is 14.8. The lowest BCUT2D eigenvalue weighted by Gasteiger charge is -2.32. The Bertz CT molecular complexity index is 614. The Morgan fingerprint density at radius 1 is 1.35 bits per heavy atom. The molecule has 126 valence electrons. The van der Waals surface area contributed by atoms with Gasteiger partial charge in [0.05, 0.1) is 6.17 Å². The van der Waals surface area contributed by atoms with Crippen molar-refractivity contribution >= 4 is 11.8 Å². The average Bonchev–Trinajstić information content (AvgIpc) is 2.94. The molecule has 2 aliphatic rings. The Balaban J connectivity index is 1.89. The number of hydrogen-bond donors (Lipinski definition) is 0. The van der Waals surface area contributed by atoms with Gasteiger partial charge >= 0.3 is 6.09 Å². The summed E-state index contributed by atoms with van der Waals surface area (Å²) >= 11 is 0. The van der Waals surface area contributed by atoms with E-state index in [0.717, 1.165) is 13.0 Å².